The van der Waals surface area contributed by atoms with Crippen molar-refractivity contribution >= 4 is 5.78 Å². The smallest absolute Gasteiger partial charge is 0.168 e. The van der Waals surface area contributed by atoms with Crippen molar-refractivity contribution in [1.82, 2.24) is 0 Å². The fourth-order valence-corrected chi connectivity index (χ4v) is 3.29. The van der Waals surface area contributed by atoms with Crippen LogP contribution in [0, 0.1) is 5.41 Å². The molecule has 0 N–H and O–H groups in total. The van der Waals surface area contributed by atoms with Crippen LogP contribution in [0.4, 0.5) is 0 Å². The summed E-state index contributed by atoms with van der Waals surface area (Å²) in [7, 11) is 0. The standard InChI is InChI=1S/C16H28O3/c1-4-8-13(17)15(2,3)14-9-12-18-16(19-14)10-6-5-7-11-16/h14H,4-12H2,1-3H3. The van der Waals surface area contributed by atoms with Crippen LogP contribution in [0.2, 0.25) is 0 Å². The number of hydrogen-bond acceptors (Lipinski definition) is 3. The molecule has 3 heteroatoms. The van der Waals surface area contributed by atoms with Crippen molar-refractivity contribution in [2.75, 3.05) is 6.61 Å². The van der Waals surface area contributed by atoms with Gasteiger partial charge in [0, 0.05) is 24.7 Å². The van der Waals surface area contributed by atoms with Gasteiger partial charge in [0.1, 0.15) is 5.78 Å². The van der Waals surface area contributed by atoms with Crippen LogP contribution in [0.25, 0.3) is 0 Å². The van der Waals surface area contributed by atoms with E-state index >= 15 is 0 Å². The van der Waals surface area contributed by atoms with E-state index in [1.165, 1.54) is 19.3 Å². The highest BCUT2D eigenvalue weighted by Crippen LogP contribution is 2.41. The monoisotopic (exact) mass is 268 g/mol. The van der Waals surface area contributed by atoms with Crippen LogP contribution in [-0.2, 0) is 14.3 Å². The lowest BCUT2D eigenvalue weighted by Gasteiger charge is -2.47. The van der Waals surface area contributed by atoms with Crippen molar-refractivity contribution in [1.29, 1.82) is 0 Å². The maximum Gasteiger partial charge on any atom is 0.168 e. The molecule has 3 nitrogen and oxygen atoms in total. The topological polar surface area (TPSA) is 35.5 Å². The zero-order valence-corrected chi connectivity index (χ0v) is 12.7. The highest BCUT2D eigenvalue weighted by Gasteiger charge is 2.46. The first-order valence-electron chi connectivity index (χ1n) is 7.85. The van der Waals surface area contributed by atoms with Gasteiger partial charge in [0.15, 0.2) is 5.79 Å². The lowest BCUT2D eigenvalue weighted by atomic mass is 9.78. The largest absolute Gasteiger partial charge is 0.350 e. The molecule has 2 fully saturated rings. The van der Waals surface area contributed by atoms with Gasteiger partial charge in [0.25, 0.3) is 0 Å². The van der Waals surface area contributed by atoms with Gasteiger partial charge in [-0.25, -0.2) is 0 Å². The molecule has 0 aromatic carbocycles. The molecule has 1 aliphatic heterocycles. The first-order valence-corrected chi connectivity index (χ1v) is 7.85. The molecule has 1 aliphatic carbocycles. The van der Waals surface area contributed by atoms with Gasteiger partial charge >= 0.3 is 0 Å². The Kier molecular flexibility index (Phi) is 4.67. The molecule has 2 rings (SSSR count). The third kappa shape index (κ3) is 3.19. The number of ether oxygens (including phenoxy) is 2. The number of Topliss-reactive ketones (excluding diaryl/α,β-unsaturated/α-hetero) is 1. The SMILES string of the molecule is CCCC(=O)C(C)(C)C1CCOC2(CCCCC2)O1. The van der Waals surface area contributed by atoms with Crippen LogP contribution >= 0.6 is 0 Å². The Bertz CT molecular complexity index is 310. The van der Waals surface area contributed by atoms with E-state index in [0.717, 1.165) is 32.3 Å². The van der Waals surface area contributed by atoms with Crippen LogP contribution in [0.3, 0.4) is 0 Å². The van der Waals surface area contributed by atoms with E-state index in [2.05, 4.69) is 6.92 Å². The maximum absolute atomic E-state index is 12.3. The number of carbonyl (C=O) groups excluding carboxylic acids is 1. The van der Waals surface area contributed by atoms with Gasteiger partial charge in [0.05, 0.1) is 12.7 Å². The Labute approximate surface area is 117 Å². The molecule has 1 spiro atoms. The van der Waals surface area contributed by atoms with E-state index in [-0.39, 0.29) is 17.3 Å². The zero-order chi connectivity index (χ0) is 13.9. The number of rotatable bonds is 4. The maximum atomic E-state index is 12.3. The van der Waals surface area contributed by atoms with E-state index in [9.17, 15) is 4.79 Å². The minimum atomic E-state index is -0.385. The Morgan fingerprint density at radius 3 is 2.58 bits per heavy atom. The van der Waals surface area contributed by atoms with Crippen LogP contribution in [0.15, 0.2) is 0 Å². The summed E-state index contributed by atoms with van der Waals surface area (Å²) in [6, 6.07) is 0. The van der Waals surface area contributed by atoms with Gasteiger partial charge in [-0.3, -0.25) is 4.79 Å². The molecule has 1 atom stereocenters. The average molecular weight is 268 g/mol. The number of hydrogen-bond donors (Lipinski definition) is 0. The molecule has 1 saturated carbocycles. The summed E-state index contributed by atoms with van der Waals surface area (Å²) in [6.07, 6.45) is 8.02. The normalized spacial score (nSPS) is 27.4. The number of ketones is 1. The Hall–Kier alpha value is -0.410. The highest BCUT2D eigenvalue weighted by atomic mass is 16.7. The molecule has 110 valence electrons. The van der Waals surface area contributed by atoms with Gasteiger partial charge in [0.2, 0.25) is 0 Å². The van der Waals surface area contributed by atoms with Crippen molar-refractivity contribution in [3.8, 4) is 0 Å². The summed E-state index contributed by atoms with van der Waals surface area (Å²) in [4.78, 5) is 12.3. The zero-order valence-electron chi connectivity index (χ0n) is 12.7. The Morgan fingerprint density at radius 2 is 1.95 bits per heavy atom. The van der Waals surface area contributed by atoms with E-state index < -0.39 is 0 Å². The third-order valence-electron chi connectivity index (χ3n) is 4.72. The van der Waals surface area contributed by atoms with Crippen molar-refractivity contribution in [2.45, 2.75) is 84.0 Å². The van der Waals surface area contributed by atoms with E-state index in [0.29, 0.717) is 12.2 Å². The first kappa shape index (κ1) is 15.0. The quantitative estimate of drug-likeness (QED) is 0.777. The molecule has 0 bridgehead atoms. The van der Waals surface area contributed by atoms with Crippen molar-refractivity contribution < 1.29 is 14.3 Å². The van der Waals surface area contributed by atoms with Crippen LogP contribution < -0.4 is 0 Å². The molecule has 1 heterocycles. The second-order valence-corrected chi connectivity index (χ2v) is 6.61. The minimum Gasteiger partial charge on any atom is -0.350 e. The second kappa shape index (κ2) is 5.92. The van der Waals surface area contributed by atoms with E-state index in [4.69, 9.17) is 9.47 Å². The van der Waals surface area contributed by atoms with Crippen molar-refractivity contribution in [3.63, 3.8) is 0 Å². The van der Waals surface area contributed by atoms with Gasteiger partial charge < -0.3 is 9.47 Å². The summed E-state index contributed by atoms with van der Waals surface area (Å²) >= 11 is 0. The predicted molar refractivity (Wildman–Crippen MR) is 75.0 cm³/mol. The average Bonchev–Trinajstić information content (AvgIpc) is 2.40. The predicted octanol–water partition coefficient (Wildman–Crippen LogP) is 3.85. The van der Waals surface area contributed by atoms with Crippen LogP contribution in [0.5, 0.6) is 0 Å². The van der Waals surface area contributed by atoms with Gasteiger partial charge in [-0.2, -0.15) is 0 Å². The Balaban J connectivity index is 2.05. The van der Waals surface area contributed by atoms with Gasteiger partial charge in [-0.1, -0.05) is 27.2 Å². The molecule has 19 heavy (non-hydrogen) atoms. The fraction of sp³-hybridized carbons (Fsp3) is 0.938. The molecule has 0 aromatic heterocycles. The lowest BCUT2D eigenvalue weighted by Crippen LogP contribution is -2.52. The van der Waals surface area contributed by atoms with Gasteiger partial charge in [-0.05, 0) is 25.7 Å². The third-order valence-corrected chi connectivity index (χ3v) is 4.72. The molecule has 1 saturated heterocycles. The molecule has 2 aliphatic rings. The Morgan fingerprint density at radius 1 is 1.26 bits per heavy atom. The summed E-state index contributed by atoms with van der Waals surface area (Å²) in [6.45, 7) is 6.87. The first-order chi connectivity index (χ1) is 9.00. The van der Waals surface area contributed by atoms with Crippen molar-refractivity contribution in [2.24, 2.45) is 5.41 Å². The molecular formula is C16H28O3. The molecule has 0 aromatic rings. The summed E-state index contributed by atoms with van der Waals surface area (Å²) < 4.78 is 12.2. The summed E-state index contributed by atoms with van der Waals surface area (Å²) in [5.41, 5.74) is -0.385. The highest BCUT2D eigenvalue weighted by molar-refractivity contribution is 5.84. The van der Waals surface area contributed by atoms with Crippen LogP contribution in [-0.4, -0.2) is 24.3 Å². The molecule has 0 radical (unpaired) electrons. The van der Waals surface area contributed by atoms with E-state index in [1.807, 2.05) is 13.8 Å². The van der Waals surface area contributed by atoms with E-state index in [1.54, 1.807) is 0 Å². The summed E-state index contributed by atoms with van der Waals surface area (Å²) in [5.74, 6) is -0.0573. The lowest BCUT2D eigenvalue weighted by molar-refractivity contribution is -0.318. The molecule has 0 amide bonds. The second-order valence-electron chi connectivity index (χ2n) is 6.61. The molecule has 1 unspecified atom stereocenters. The number of carbonyl (C=O) groups is 1. The summed E-state index contributed by atoms with van der Waals surface area (Å²) in [5, 5.41) is 0. The molecular weight excluding hydrogens is 240 g/mol. The fourth-order valence-electron chi connectivity index (χ4n) is 3.29. The van der Waals surface area contributed by atoms with Crippen LogP contribution in [0.1, 0.15) is 72.1 Å². The van der Waals surface area contributed by atoms with Gasteiger partial charge in [-0.15, -0.1) is 0 Å². The minimum absolute atomic E-state index is 0.0124. The van der Waals surface area contributed by atoms with Crippen molar-refractivity contribution in [3.05, 3.63) is 0 Å².